The molecule has 0 aliphatic heterocycles. The van der Waals surface area contributed by atoms with Crippen molar-refractivity contribution in [2.75, 3.05) is 6.54 Å². The Morgan fingerprint density at radius 2 is 1.76 bits per heavy atom. The minimum Gasteiger partial charge on any atom is -0.508 e. The molecule has 0 aromatic heterocycles. The highest BCUT2D eigenvalue weighted by atomic mass is 16.5. The number of phenolic OH excluding ortho intramolecular Hbond substituents is 1. The monoisotopic (exact) mass is 293 g/mol. The van der Waals surface area contributed by atoms with Crippen molar-refractivity contribution >= 4 is 11.9 Å². The lowest BCUT2D eigenvalue weighted by atomic mass is 10.1. The van der Waals surface area contributed by atoms with Crippen molar-refractivity contribution in [2.24, 2.45) is 0 Å². The molecule has 1 rings (SSSR count). The Labute approximate surface area is 125 Å². The Balaban J connectivity index is 2.71. The van der Waals surface area contributed by atoms with Crippen LogP contribution < -0.4 is 5.32 Å². The molecule has 21 heavy (non-hydrogen) atoms. The summed E-state index contributed by atoms with van der Waals surface area (Å²) in [5.74, 6) is -0.208. The van der Waals surface area contributed by atoms with Gasteiger partial charge in [-0.3, -0.25) is 9.59 Å². The van der Waals surface area contributed by atoms with Gasteiger partial charge in [0.2, 0.25) is 5.91 Å². The summed E-state index contributed by atoms with van der Waals surface area (Å²) in [6, 6.07) is 6.43. The molecule has 0 aliphatic rings. The quantitative estimate of drug-likeness (QED) is 0.723. The summed E-state index contributed by atoms with van der Waals surface area (Å²) in [5.41, 5.74) is 0.744. The molecule has 1 atom stereocenters. The van der Waals surface area contributed by atoms with Crippen molar-refractivity contribution in [3.63, 3.8) is 0 Å². The fraction of sp³-hybridized carbons (Fsp3) is 0.500. The summed E-state index contributed by atoms with van der Waals surface area (Å²) in [7, 11) is 0. The van der Waals surface area contributed by atoms with Crippen molar-refractivity contribution in [3.8, 4) is 5.75 Å². The van der Waals surface area contributed by atoms with Crippen LogP contribution in [0.3, 0.4) is 0 Å². The molecule has 0 saturated heterocycles. The fourth-order valence-corrected chi connectivity index (χ4v) is 1.86. The van der Waals surface area contributed by atoms with E-state index in [1.54, 1.807) is 12.1 Å². The lowest BCUT2D eigenvalue weighted by molar-refractivity contribution is -0.150. The van der Waals surface area contributed by atoms with Crippen LogP contribution >= 0.6 is 0 Å². The Kier molecular flexibility index (Phi) is 7.29. The van der Waals surface area contributed by atoms with Gasteiger partial charge in [0.05, 0.1) is 6.54 Å². The van der Waals surface area contributed by atoms with Gasteiger partial charge >= 0.3 is 5.97 Å². The van der Waals surface area contributed by atoms with Crippen LogP contribution in [0.25, 0.3) is 0 Å². The maximum absolute atomic E-state index is 11.7. The van der Waals surface area contributed by atoms with Crippen LogP contribution in [-0.2, 0) is 14.3 Å². The summed E-state index contributed by atoms with van der Waals surface area (Å²) < 4.78 is 5.41. The normalized spacial score (nSPS) is 11.7. The predicted molar refractivity (Wildman–Crippen MR) is 79.8 cm³/mol. The molecule has 0 bridgehead atoms. The van der Waals surface area contributed by atoms with Crippen LogP contribution in [0.5, 0.6) is 5.75 Å². The van der Waals surface area contributed by atoms with Crippen LogP contribution in [0.4, 0.5) is 0 Å². The standard InChI is InChI=1S/C16H23NO4/c1-3-5-15(19)17-11-14(21-16(20)6-4-2)12-7-9-13(18)10-8-12/h7-10,14,18H,3-6,11H2,1-2H3,(H,17,19). The zero-order valence-corrected chi connectivity index (χ0v) is 12.6. The Hall–Kier alpha value is -2.04. The van der Waals surface area contributed by atoms with Gasteiger partial charge in [-0.2, -0.15) is 0 Å². The second-order valence-electron chi connectivity index (χ2n) is 4.87. The molecule has 0 heterocycles. The molecule has 5 nitrogen and oxygen atoms in total. The third kappa shape index (κ3) is 6.29. The van der Waals surface area contributed by atoms with E-state index in [4.69, 9.17) is 4.74 Å². The first-order valence-corrected chi connectivity index (χ1v) is 7.31. The highest BCUT2D eigenvalue weighted by molar-refractivity contribution is 5.76. The van der Waals surface area contributed by atoms with E-state index in [-0.39, 0.29) is 24.2 Å². The smallest absolute Gasteiger partial charge is 0.306 e. The zero-order valence-electron chi connectivity index (χ0n) is 12.6. The number of aromatic hydroxyl groups is 1. The van der Waals surface area contributed by atoms with Crippen molar-refractivity contribution in [1.29, 1.82) is 0 Å². The second kappa shape index (κ2) is 9.00. The molecule has 1 aromatic rings. The maximum atomic E-state index is 11.7. The van der Waals surface area contributed by atoms with Gasteiger partial charge in [-0.05, 0) is 30.5 Å². The number of esters is 1. The molecule has 2 N–H and O–H groups in total. The molecule has 1 unspecified atom stereocenters. The molecule has 5 heteroatoms. The molecule has 0 aliphatic carbocycles. The molecule has 0 spiro atoms. The van der Waals surface area contributed by atoms with E-state index in [2.05, 4.69) is 5.32 Å². The van der Waals surface area contributed by atoms with Crippen LogP contribution in [-0.4, -0.2) is 23.5 Å². The summed E-state index contributed by atoms with van der Waals surface area (Å²) in [6.45, 7) is 4.07. The highest BCUT2D eigenvalue weighted by Crippen LogP contribution is 2.20. The van der Waals surface area contributed by atoms with Crippen LogP contribution in [0.1, 0.15) is 51.2 Å². The van der Waals surface area contributed by atoms with Crippen molar-refractivity contribution in [1.82, 2.24) is 5.32 Å². The number of carbonyl (C=O) groups excluding carboxylic acids is 2. The number of amides is 1. The van der Waals surface area contributed by atoms with Gasteiger partial charge in [0, 0.05) is 12.8 Å². The van der Waals surface area contributed by atoms with Gasteiger partial charge in [-0.25, -0.2) is 0 Å². The number of phenols is 1. The number of hydrogen-bond acceptors (Lipinski definition) is 4. The largest absolute Gasteiger partial charge is 0.508 e. The second-order valence-corrected chi connectivity index (χ2v) is 4.87. The van der Waals surface area contributed by atoms with Crippen LogP contribution in [0.2, 0.25) is 0 Å². The Morgan fingerprint density at radius 3 is 2.33 bits per heavy atom. The highest BCUT2D eigenvalue weighted by Gasteiger charge is 2.17. The van der Waals surface area contributed by atoms with E-state index < -0.39 is 6.10 Å². The first-order chi connectivity index (χ1) is 10.1. The predicted octanol–water partition coefficient (Wildman–Crippen LogP) is 2.69. The molecule has 116 valence electrons. The topological polar surface area (TPSA) is 75.6 Å². The van der Waals surface area contributed by atoms with Crippen LogP contribution in [0.15, 0.2) is 24.3 Å². The van der Waals surface area contributed by atoms with Crippen molar-refractivity contribution < 1.29 is 19.4 Å². The molecule has 0 fully saturated rings. The minimum atomic E-state index is -0.537. The number of ether oxygens (including phenoxy) is 1. The number of rotatable bonds is 8. The van der Waals surface area contributed by atoms with Gasteiger partial charge < -0.3 is 15.2 Å². The molecule has 0 radical (unpaired) electrons. The van der Waals surface area contributed by atoms with E-state index in [0.717, 1.165) is 12.0 Å². The van der Waals surface area contributed by atoms with Crippen molar-refractivity contribution in [3.05, 3.63) is 29.8 Å². The molecular formula is C16H23NO4. The zero-order chi connectivity index (χ0) is 15.7. The molecular weight excluding hydrogens is 270 g/mol. The lowest BCUT2D eigenvalue weighted by Crippen LogP contribution is -2.30. The van der Waals surface area contributed by atoms with E-state index in [9.17, 15) is 14.7 Å². The SMILES string of the molecule is CCCC(=O)NCC(OC(=O)CCC)c1ccc(O)cc1. The fourth-order valence-electron chi connectivity index (χ4n) is 1.86. The van der Waals surface area contributed by atoms with Gasteiger partial charge in [-0.1, -0.05) is 26.0 Å². The lowest BCUT2D eigenvalue weighted by Gasteiger charge is -2.19. The van der Waals surface area contributed by atoms with Crippen LogP contribution in [0, 0.1) is 0 Å². The van der Waals surface area contributed by atoms with Crippen molar-refractivity contribution in [2.45, 2.75) is 45.6 Å². The summed E-state index contributed by atoms with van der Waals surface area (Å²) >= 11 is 0. The number of benzene rings is 1. The average molecular weight is 293 g/mol. The third-order valence-corrected chi connectivity index (χ3v) is 2.95. The van der Waals surface area contributed by atoms with Gasteiger partial charge in [0.15, 0.2) is 0 Å². The minimum absolute atomic E-state index is 0.0622. The summed E-state index contributed by atoms with van der Waals surface area (Å²) in [4.78, 5) is 23.2. The van der Waals surface area contributed by atoms with Gasteiger partial charge in [0.25, 0.3) is 0 Å². The number of hydrogen-bond donors (Lipinski definition) is 2. The van der Waals surface area contributed by atoms with Gasteiger partial charge in [0.1, 0.15) is 11.9 Å². The molecule has 1 amide bonds. The average Bonchev–Trinajstić information content (AvgIpc) is 2.45. The Morgan fingerprint density at radius 1 is 1.14 bits per heavy atom. The third-order valence-electron chi connectivity index (χ3n) is 2.95. The maximum Gasteiger partial charge on any atom is 0.306 e. The van der Waals surface area contributed by atoms with E-state index in [1.165, 1.54) is 12.1 Å². The summed E-state index contributed by atoms with van der Waals surface area (Å²) in [5, 5.41) is 12.1. The number of carbonyl (C=O) groups is 2. The summed E-state index contributed by atoms with van der Waals surface area (Å²) in [6.07, 6.45) is 1.74. The molecule has 0 saturated carbocycles. The first kappa shape index (κ1) is 17.0. The van der Waals surface area contributed by atoms with E-state index in [1.807, 2.05) is 13.8 Å². The van der Waals surface area contributed by atoms with E-state index in [0.29, 0.717) is 19.3 Å². The van der Waals surface area contributed by atoms with Gasteiger partial charge in [-0.15, -0.1) is 0 Å². The van der Waals surface area contributed by atoms with E-state index >= 15 is 0 Å². The number of nitrogens with one attached hydrogen (secondary N) is 1. The Bertz CT molecular complexity index is 456. The molecule has 1 aromatic carbocycles. The first-order valence-electron chi connectivity index (χ1n) is 7.31.